The van der Waals surface area contributed by atoms with Crippen molar-refractivity contribution in [2.45, 2.75) is 51.7 Å². The van der Waals surface area contributed by atoms with E-state index in [0.717, 1.165) is 4.57 Å². The lowest BCUT2D eigenvalue weighted by Crippen LogP contribution is -2.41. The van der Waals surface area contributed by atoms with E-state index < -0.39 is 55.4 Å². The van der Waals surface area contributed by atoms with Crippen molar-refractivity contribution in [2.75, 3.05) is 13.7 Å². The maximum absolute atomic E-state index is 12.4. The van der Waals surface area contributed by atoms with Crippen LogP contribution in [0.1, 0.15) is 32.1 Å². The van der Waals surface area contributed by atoms with E-state index in [9.17, 15) is 24.1 Å². The quantitative estimate of drug-likeness (QED) is 0.273. The Hall–Kier alpha value is -2.05. The smallest absolute Gasteiger partial charge is 0.419 e. The van der Waals surface area contributed by atoms with Crippen molar-refractivity contribution >= 4 is 27.2 Å². The minimum Gasteiger partial charge on any atom is -0.656 e. The summed E-state index contributed by atoms with van der Waals surface area (Å²) in [6, 6.07) is -0.991. The predicted molar refractivity (Wildman–Crippen MR) is 103 cm³/mol. The molecule has 5 atom stereocenters. The van der Waals surface area contributed by atoms with Gasteiger partial charge in [-0.05, 0) is 13.8 Å². The van der Waals surface area contributed by atoms with Gasteiger partial charge in [0.25, 0.3) is 5.56 Å². The number of rotatable bonds is 8. The molecule has 1 aliphatic rings. The minimum atomic E-state index is -3.93. The molecule has 2 N–H and O–H groups in total. The highest BCUT2D eigenvalue weighted by molar-refractivity contribution is 7.86. The number of nitrogens with zero attached hydrogens (tertiary/aromatic N) is 1. The predicted octanol–water partition coefficient (Wildman–Crippen LogP) is -1.56. The maximum Gasteiger partial charge on any atom is 0.419 e. The highest BCUT2D eigenvalue weighted by Gasteiger charge is 2.41. The van der Waals surface area contributed by atoms with Crippen LogP contribution in [0.5, 0.6) is 0 Å². The van der Waals surface area contributed by atoms with Crippen LogP contribution in [0.2, 0.25) is 0 Å². The number of H-pyrrole nitrogens is 1. The van der Waals surface area contributed by atoms with Gasteiger partial charge < -0.3 is 19.1 Å². The zero-order chi connectivity index (χ0) is 22.6. The van der Waals surface area contributed by atoms with E-state index in [4.69, 9.17) is 21.6 Å². The molecule has 2 rings (SSSR count). The van der Waals surface area contributed by atoms with Crippen molar-refractivity contribution in [3.63, 3.8) is 0 Å². The summed E-state index contributed by atoms with van der Waals surface area (Å²) < 4.78 is 21.8. The fraction of sp³-hybridized carbons (Fsp3) is 0.625. The largest absolute Gasteiger partial charge is 0.656 e. The summed E-state index contributed by atoms with van der Waals surface area (Å²) in [5, 5.41) is 2.33. The average molecular weight is 443 g/mol. The lowest BCUT2D eigenvalue weighted by Gasteiger charge is -2.30. The van der Waals surface area contributed by atoms with Crippen LogP contribution >= 0.6 is 7.75 Å². The van der Waals surface area contributed by atoms with E-state index in [1.165, 1.54) is 34.1 Å². The molecule has 2 radical (unpaired) electrons. The molecule has 0 amide bonds. The molecule has 0 saturated carbocycles. The van der Waals surface area contributed by atoms with Crippen molar-refractivity contribution < 1.29 is 33.2 Å². The number of esters is 2. The summed E-state index contributed by atoms with van der Waals surface area (Å²) in [6.45, 7) is 3.76. The van der Waals surface area contributed by atoms with Gasteiger partial charge in [-0.15, -0.1) is 0 Å². The van der Waals surface area contributed by atoms with Gasteiger partial charge in [-0.3, -0.25) is 23.9 Å². The minimum absolute atomic E-state index is 0.0832. The third kappa shape index (κ3) is 6.23. The lowest BCUT2D eigenvalue weighted by atomic mass is 10.2. The fourth-order valence-electron chi connectivity index (χ4n) is 2.88. The molecule has 12 nitrogen and oxygen atoms in total. The Morgan fingerprint density at radius 2 is 2.17 bits per heavy atom. The number of carbonyl (C=O) groups excluding carboxylic acids is 2. The molecule has 1 unspecified atom stereocenters. The lowest BCUT2D eigenvalue weighted by molar-refractivity contribution is -0.194. The number of methoxy groups -OCH3 is 1. The van der Waals surface area contributed by atoms with Gasteiger partial charge in [0, 0.05) is 25.1 Å². The van der Waals surface area contributed by atoms with Gasteiger partial charge >= 0.3 is 25.2 Å². The number of carbonyl (C=O) groups is 2. The number of hydrogen-bond acceptors (Lipinski definition) is 10. The van der Waals surface area contributed by atoms with E-state index in [-0.39, 0.29) is 18.6 Å². The average Bonchev–Trinajstić information content (AvgIpc) is 3.03. The topological polar surface area (TPSA) is 161 Å². The molecule has 1 aromatic rings. The molecule has 2 heterocycles. The molecule has 1 aromatic heterocycles. The van der Waals surface area contributed by atoms with Gasteiger partial charge in [-0.2, -0.15) is 5.09 Å². The molecule has 0 aliphatic carbocycles. The van der Waals surface area contributed by atoms with Crippen molar-refractivity contribution in [3.05, 3.63) is 32.6 Å². The molecule has 0 aromatic carbocycles. The first-order valence-electron chi connectivity index (χ1n) is 8.97. The summed E-state index contributed by atoms with van der Waals surface area (Å²) in [5.41, 5.74) is -0.938. The molecular weight excluding hydrogens is 420 g/mol. The molecule has 14 heteroatoms. The Morgan fingerprint density at radius 3 is 2.77 bits per heavy atom. The molecule has 0 bridgehead atoms. The van der Waals surface area contributed by atoms with Crippen molar-refractivity contribution in [3.8, 4) is 0 Å². The number of aryl methyl sites for hydroxylation is 1. The summed E-state index contributed by atoms with van der Waals surface area (Å²) in [5.74, 6) is -1.28. The van der Waals surface area contributed by atoms with E-state index in [1.54, 1.807) is 0 Å². The van der Waals surface area contributed by atoms with Gasteiger partial charge in [-0.1, -0.05) is 0 Å². The first-order valence-corrected chi connectivity index (χ1v) is 10.7. The van der Waals surface area contributed by atoms with Crippen LogP contribution in [-0.2, 0) is 28.3 Å². The second-order valence-electron chi connectivity index (χ2n) is 6.76. The first-order chi connectivity index (χ1) is 13.9. The molecule has 1 aliphatic heterocycles. The Bertz CT molecular complexity index is 903. The summed E-state index contributed by atoms with van der Waals surface area (Å²) in [6.07, 6.45) is -1.20. The Morgan fingerprint density at radius 1 is 1.50 bits per heavy atom. The molecule has 1 fully saturated rings. The van der Waals surface area contributed by atoms with Crippen LogP contribution in [0.25, 0.3) is 0 Å². The van der Waals surface area contributed by atoms with Gasteiger partial charge in [0.05, 0.1) is 7.11 Å². The van der Waals surface area contributed by atoms with Crippen LogP contribution in [-0.4, -0.2) is 61.0 Å². The van der Waals surface area contributed by atoms with Crippen molar-refractivity contribution in [1.29, 1.82) is 0 Å². The number of nitrogens with one attached hydrogen (secondary N) is 2. The van der Waals surface area contributed by atoms with E-state index in [1.807, 2.05) is 0 Å². The van der Waals surface area contributed by atoms with Crippen LogP contribution in [0.3, 0.4) is 0 Å². The monoisotopic (exact) mass is 443 g/mol. The van der Waals surface area contributed by atoms with Gasteiger partial charge in [-0.25, -0.2) is 9.32 Å². The first kappa shape index (κ1) is 24.2. The summed E-state index contributed by atoms with van der Waals surface area (Å²) >= 11 is 0. The van der Waals surface area contributed by atoms with E-state index in [0.29, 0.717) is 0 Å². The number of aromatic amines is 1. The molecule has 1 saturated heterocycles. The Labute approximate surface area is 173 Å². The zero-order valence-corrected chi connectivity index (χ0v) is 17.8. The Kier molecular flexibility index (Phi) is 7.95. The highest BCUT2D eigenvalue weighted by Crippen LogP contribution is 2.43. The van der Waals surface area contributed by atoms with Crippen LogP contribution in [0.4, 0.5) is 0 Å². The zero-order valence-electron chi connectivity index (χ0n) is 16.9. The number of aromatic nitrogens is 2. The number of hydrogen-bond donors (Lipinski definition) is 2. The van der Waals surface area contributed by atoms with E-state index in [2.05, 4.69) is 14.8 Å². The molecule has 164 valence electrons. The van der Waals surface area contributed by atoms with Crippen molar-refractivity contribution in [2.24, 2.45) is 0 Å². The summed E-state index contributed by atoms with van der Waals surface area (Å²) in [4.78, 5) is 61.1. The third-order valence-corrected chi connectivity index (χ3v) is 5.59. The molecule has 0 spiro atoms. The fourth-order valence-corrected chi connectivity index (χ4v) is 3.97. The standard InChI is InChI=1S/C16H23BN3O9P/c1-8-6-20(16(24)18-14(8)22)13-5-11(28-10(3)21)12(29-13)7-27-30(17,25)19-9(2)15(23)26-4/h6,9,11-13H,5,7H2,1-4H3,(H,19,25)(H,18,22,24)/t9-,11+,12-,13-,30?/m1/s1. The normalized spacial score (nSPS) is 24.1. The van der Waals surface area contributed by atoms with Crippen LogP contribution < -0.4 is 21.2 Å². The second kappa shape index (κ2) is 9.84. The van der Waals surface area contributed by atoms with Gasteiger partial charge in [0.15, 0.2) is 0 Å². The van der Waals surface area contributed by atoms with Crippen LogP contribution in [0.15, 0.2) is 15.8 Å². The maximum atomic E-state index is 12.4. The SMILES string of the molecule is [B][P+]([O-])(N[C@H](C)C(=O)OC)OC[C@H]1O[C@@H](n2cc(C)c(=O)[nH]c2=O)C[C@@H]1OC(C)=O. The second-order valence-corrected chi connectivity index (χ2v) is 8.47. The van der Waals surface area contributed by atoms with Crippen molar-refractivity contribution in [1.82, 2.24) is 14.6 Å². The van der Waals surface area contributed by atoms with E-state index >= 15 is 0 Å². The van der Waals surface area contributed by atoms with Gasteiger partial charge in [0.2, 0.25) is 0 Å². The third-order valence-electron chi connectivity index (χ3n) is 4.31. The molecule has 30 heavy (non-hydrogen) atoms. The highest BCUT2D eigenvalue weighted by atomic mass is 31.2. The Balaban J connectivity index is 2.12. The summed E-state index contributed by atoms with van der Waals surface area (Å²) in [7, 11) is 2.83. The van der Waals surface area contributed by atoms with Gasteiger partial charge in [0.1, 0.15) is 38.8 Å². The molecular formula is C16H23BN3O9P. The number of ether oxygens (including phenoxy) is 3. The van der Waals surface area contributed by atoms with Crippen LogP contribution in [0, 0.1) is 6.92 Å².